The molecule has 2 amide bonds. The van der Waals surface area contributed by atoms with Crippen LogP contribution in [0.1, 0.15) is 43.8 Å². The maximum Gasteiger partial charge on any atom is 0.265 e. The number of aromatic nitrogens is 2. The Morgan fingerprint density at radius 1 is 1.30 bits per heavy atom. The minimum atomic E-state index is -0.568. The van der Waals surface area contributed by atoms with Gasteiger partial charge in [-0.15, -0.1) is 0 Å². The van der Waals surface area contributed by atoms with Crippen LogP contribution in [0.5, 0.6) is 5.75 Å². The molecule has 1 aliphatic carbocycles. The van der Waals surface area contributed by atoms with Crippen molar-refractivity contribution in [2.75, 3.05) is 18.1 Å². The van der Waals surface area contributed by atoms with E-state index in [-0.39, 0.29) is 24.8 Å². The van der Waals surface area contributed by atoms with E-state index in [4.69, 9.17) is 9.26 Å². The van der Waals surface area contributed by atoms with E-state index in [0.29, 0.717) is 29.7 Å². The average molecular weight is 370 g/mol. The molecule has 8 heteroatoms. The van der Waals surface area contributed by atoms with Crippen molar-refractivity contribution in [3.8, 4) is 5.75 Å². The first-order valence-corrected chi connectivity index (χ1v) is 9.21. The predicted octanol–water partition coefficient (Wildman–Crippen LogP) is 2.08. The molecule has 0 saturated heterocycles. The highest BCUT2D eigenvalue weighted by molar-refractivity contribution is 5.98. The number of para-hydroxylation sites is 2. The molecular formula is C19H22N4O4. The SMILES string of the molecule is Cc1nc(C2(NC(=O)CCN3C(=O)COc4ccccc43)CCCC2)no1. The lowest BCUT2D eigenvalue weighted by molar-refractivity contribution is -0.123. The third-order valence-corrected chi connectivity index (χ3v) is 5.16. The van der Waals surface area contributed by atoms with E-state index in [1.807, 2.05) is 24.3 Å². The Bertz CT molecular complexity index is 857. The first kappa shape index (κ1) is 17.5. The van der Waals surface area contributed by atoms with Gasteiger partial charge in [-0.05, 0) is 25.0 Å². The van der Waals surface area contributed by atoms with E-state index in [2.05, 4.69) is 15.5 Å². The molecule has 0 unspecified atom stereocenters. The van der Waals surface area contributed by atoms with Crippen molar-refractivity contribution in [1.82, 2.24) is 15.5 Å². The van der Waals surface area contributed by atoms with Crippen LogP contribution in [-0.4, -0.2) is 35.1 Å². The van der Waals surface area contributed by atoms with Crippen molar-refractivity contribution >= 4 is 17.5 Å². The van der Waals surface area contributed by atoms with Gasteiger partial charge >= 0.3 is 0 Å². The zero-order valence-corrected chi connectivity index (χ0v) is 15.2. The fourth-order valence-corrected chi connectivity index (χ4v) is 3.82. The van der Waals surface area contributed by atoms with Crippen molar-refractivity contribution in [1.29, 1.82) is 0 Å². The zero-order valence-electron chi connectivity index (χ0n) is 15.2. The molecule has 4 rings (SSSR count). The van der Waals surface area contributed by atoms with Crippen molar-refractivity contribution in [3.63, 3.8) is 0 Å². The van der Waals surface area contributed by atoms with Gasteiger partial charge in [0.05, 0.1) is 5.69 Å². The Hall–Kier alpha value is -2.90. The molecule has 1 saturated carbocycles. The molecule has 0 atom stereocenters. The highest BCUT2D eigenvalue weighted by atomic mass is 16.5. The molecule has 0 spiro atoms. The quantitative estimate of drug-likeness (QED) is 0.865. The summed E-state index contributed by atoms with van der Waals surface area (Å²) in [5, 5.41) is 7.14. The molecule has 142 valence electrons. The number of benzene rings is 1. The van der Waals surface area contributed by atoms with E-state index in [1.54, 1.807) is 11.8 Å². The lowest BCUT2D eigenvalue weighted by atomic mass is 9.96. The monoisotopic (exact) mass is 370 g/mol. The Morgan fingerprint density at radius 2 is 2.07 bits per heavy atom. The van der Waals surface area contributed by atoms with Crippen LogP contribution in [0.15, 0.2) is 28.8 Å². The molecule has 0 radical (unpaired) electrons. The van der Waals surface area contributed by atoms with Gasteiger partial charge in [-0.2, -0.15) is 4.98 Å². The summed E-state index contributed by atoms with van der Waals surface area (Å²) < 4.78 is 10.6. The summed E-state index contributed by atoms with van der Waals surface area (Å²) in [5.74, 6) is 1.41. The molecule has 1 aromatic heterocycles. The minimum absolute atomic E-state index is 0.00922. The summed E-state index contributed by atoms with van der Waals surface area (Å²) in [6.07, 6.45) is 3.78. The number of nitrogens with one attached hydrogen (secondary N) is 1. The molecule has 27 heavy (non-hydrogen) atoms. The van der Waals surface area contributed by atoms with Gasteiger partial charge in [0.15, 0.2) is 12.4 Å². The molecule has 0 bridgehead atoms. The van der Waals surface area contributed by atoms with E-state index in [0.717, 1.165) is 25.7 Å². The van der Waals surface area contributed by atoms with E-state index < -0.39 is 5.54 Å². The number of fused-ring (bicyclic) bond motifs is 1. The summed E-state index contributed by atoms with van der Waals surface area (Å²) in [4.78, 5) is 30.9. The Kier molecular flexibility index (Phi) is 4.55. The number of hydrogen-bond acceptors (Lipinski definition) is 6. The van der Waals surface area contributed by atoms with Crippen LogP contribution in [0.4, 0.5) is 5.69 Å². The first-order chi connectivity index (χ1) is 13.1. The Balaban J connectivity index is 1.44. The molecule has 1 aromatic carbocycles. The minimum Gasteiger partial charge on any atom is -0.482 e. The number of anilines is 1. The number of ether oxygens (including phenoxy) is 1. The molecule has 1 aliphatic heterocycles. The van der Waals surface area contributed by atoms with Crippen molar-refractivity contribution in [2.24, 2.45) is 0 Å². The molecule has 2 aromatic rings. The van der Waals surface area contributed by atoms with Crippen LogP contribution in [-0.2, 0) is 15.1 Å². The number of hydrogen-bond donors (Lipinski definition) is 1. The summed E-state index contributed by atoms with van der Waals surface area (Å²) in [5.41, 5.74) is 0.132. The number of carbonyl (C=O) groups excluding carboxylic acids is 2. The van der Waals surface area contributed by atoms with E-state index in [9.17, 15) is 9.59 Å². The predicted molar refractivity (Wildman–Crippen MR) is 96.2 cm³/mol. The summed E-state index contributed by atoms with van der Waals surface area (Å²) in [7, 11) is 0. The van der Waals surface area contributed by atoms with Gasteiger partial charge in [-0.25, -0.2) is 0 Å². The maximum absolute atomic E-state index is 12.7. The highest BCUT2D eigenvalue weighted by Gasteiger charge is 2.41. The van der Waals surface area contributed by atoms with Crippen LogP contribution in [0.3, 0.4) is 0 Å². The summed E-state index contributed by atoms with van der Waals surface area (Å²) >= 11 is 0. The fourth-order valence-electron chi connectivity index (χ4n) is 3.82. The Labute approximate surface area is 156 Å². The van der Waals surface area contributed by atoms with Crippen molar-refractivity contribution in [2.45, 2.75) is 44.6 Å². The van der Waals surface area contributed by atoms with Crippen molar-refractivity contribution < 1.29 is 18.8 Å². The molecule has 1 N–H and O–H groups in total. The third-order valence-electron chi connectivity index (χ3n) is 5.16. The average Bonchev–Trinajstić information content (AvgIpc) is 3.31. The normalized spacial score (nSPS) is 18.1. The van der Waals surface area contributed by atoms with Crippen LogP contribution in [0.2, 0.25) is 0 Å². The van der Waals surface area contributed by atoms with Crippen LogP contribution >= 0.6 is 0 Å². The topological polar surface area (TPSA) is 97.6 Å². The van der Waals surface area contributed by atoms with E-state index in [1.165, 1.54) is 0 Å². The summed E-state index contributed by atoms with van der Waals surface area (Å²) in [6, 6.07) is 7.35. The second-order valence-electron chi connectivity index (χ2n) is 7.03. The first-order valence-electron chi connectivity index (χ1n) is 9.21. The number of rotatable bonds is 5. The number of nitrogens with zero attached hydrogens (tertiary/aromatic N) is 3. The second kappa shape index (κ2) is 7.02. The third kappa shape index (κ3) is 3.39. The van der Waals surface area contributed by atoms with Crippen LogP contribution in [0.25, 0.3) is 0 Å². The number of amides is 2. The van der Waals surface area contributed by atoms with Gasteiger partial charge in [0.2, 0.25) is 11.8 Å². The van der Waals surface area contributed by atoms with Gasteiger partial charge in [-0.1, -0.05) is 30.1 Å². The smallest absolute Gasteiger partial charge is 0.265 e. The number of aryl methyl sites for hydroxylation is 1. The molecular weight excluding hydrogens is 348 g/mol. The Morgan fingerprint density at radius 3 is 2.81 bits per heavy atom. The lowest BCUT2D eigenvalue weighted by Gasteiger charge is -2.30. The molecule has 1 fully saturated rings. The summed E-state index contributed by atoms with van der Waals surface area (Å²) in [6.45, 7) is 2.03. The molecule has 8 nitrogen and oxygen atoms in total. The van der Waals surface area contributed by atoms with Gasteiger partial charge in [0.1, 0.15) is 11.3 Å². The lowest BCUT2D eigenvalue weighted by Crippen LogP contribution is -2.46. The van der Waals surface area contributed by atoms with Crippen LogP contribution in [0, 0.1) is 6.92 Å². The zero-order chi connectivity index (χ0) is 18.9. The van der Waals surface area contributed by atoms with Gasteiger partial charge in [0, 0.05) is 19.9 Å². The largest absolute Gasteiger partial charge is 0.482 e. The van der Waals surface area contributed by atoms with Gasteiger partial charge in [-0.3, -0.25) is 9.59 Å². The highest BCUT2D eigenvalue weighted by Crippen LogP contribution is 2.37. The van der Waals surface area contributed by atoms with Crippen LogP contribution < -0.4 is 15.0 Å². The van der Waals surface area contributed by atoms with Crippen molar-refractivity contribution in [3.05, 3.63) is 36.0 Å². The van der Waals surface area contributed by atoms with Gasteiger partial charge < -0.3 is 19.5 Å². The molecule has 2 aliphatic rings. The fraction of sp³-hybridized carbons (Fsp3) is 0.474. The maximum atomic E-state index is 12.7. The van der Waals surface area contributed by atoms with E-state index >= 15 is 0 Å². The molecule has 2 heterocycles. The second-order valence-corrected chi connectivity index (χ2v) is 7.03. The van der Waals surface area contributed by atoms with Gasteiger partial charge in [0.25, 0.3) is 5.91 Å². The standard InChI is InChI=1S/C19H22N4O4/c1-13-20-18(22-27-13)19(9-4-5-10-19)21-16(24)8-11-23-14-6-2-3-7-15(14)26-12-17(23)25/h2-3,6-7H,4-5,8-12H2,1H3,(H,21,24). The number of carbonyl (C=O) groups is 2.